The zero-order valence-corrected chi connectivity index (χ0v) is 36.9. The molecule has 3 heteroatoms. The summed E-state index contributed by atoms with van der Waals surface area (Å²) in [5, 5.41) is 0. The van der Waals surface area contributed by atoms with Crippen molar-refractivity contribution in [2.75, 3.05) is 26.4 Å². The molecular weight excluding hydrogens is 613 g/mol. The molecule has 0 fully saturated rings. The van der Waals surface area contributed by atoms with Gasteiger partial charge in [-0.1, -0.05) is 185 Å². The van der Waals surface area contributed by atoms with Crippen LogP contribution < -0.4 is 0 Å². The fourth-order valence-electron chi connectivity index (χ4n) is 7.30. The molecule has 302 valence electrons. The number of rotatable bonds is 35. The normalized spacial score (nSPS) is 16.9. The molecule has 0 amide bonds. The monoisotopic (exact) mass is 709 g/mol. The molecule has 0 aliphatic carbocycles. The second-order valence-corrected chi connectivity index (χ2v) is 19.6. The summed E-state index contributed by atoms with van der Waals surface area (Å²) in [6, 6.07) is 0. The van der Waals surface area contributed by atoms with Crippen LogP contribution in [0.15, 0.2) is 0 Å². The van der Waals surface area contributed by atoms with Gasteiger partial charge in [-0.15, -0.1) is 0 Å². The van der Waals surface area contributed by atoms with Crippen LogP contribution in [0.3, 0.4) is 0 Å². The summed E-state index contributed by atoms with van der Waals surface area (Å²) in [5.41, 5.74) is -0.158. The molecule has 0 saturated heterocycles. The van der Waals surface area contributed by atoms with Crippen LogP contribution in [0.5, 0.6) is 0 Å². The SMILES string of the molecule is CC(C)CCCC(C)CCCC(C)CCCC(C)CCOCC(COC(C)(C)C)OCCC(C)CCCC(C)CCCC(C)CCCC(C)C. The third-order valence-electron chi connectivity index (χ3n) is 11.3. The topological polar surface area (TPSA) is 27.7 Å². The van der Waals surface area contributed by atoms with Crippen LogP contribution in [0.4, 0.5) is 0 Å². The molecular formula is C47H96O3. The van der Waals surface area contributed by atoms with Crippen LogP contribution in [-0.4, -0.2) is 38.1 Å². The minimum absolute atomic E-state index is 0.0169. The van der Waals surface area contributed by atoms with Crippen molar-refractivity contribution in [3.63, 3.8) is 0 Å². The molecule has 0 heterocycles. The Morgan fingerprint density at radius 3 is 0.980 bits per heavy atom. The summed E-state index contributed by atoms with van der Waals surface area (Å²) in [6.45, 7) is 33.3. The van der Waals surface area contributed by atoms with Crippen molar-refractivity contribution in [1.82, 2.24) is 0 Å². The third kappa shape index (κ3) is 34.9. The Morgan fingerprint density at radius 2 is 0.660 bits per heavy atom. The van der Waals surface area contributed by atoms with Crippen molar-refractivity contribution in [2.24, 2.45) is 47.3 Å². The summed E-state index contributed by atoms with van der Waals surface area (Å²) in [4.78, 5) is 0. The zero-order valence-electron chi connectivity index (χ0n) is 36.9. The summed E-state index contributed by atoms with van der Waals surface area (Å²) < 4.78 is 18.7. The predicted molar refractivity (Wildman–Crippen MR) is 223 cm³/mol. The molecule has 0 bridgehead atoms. The van der Waals surface area contributed by atoms with E-state index in [0.717, 1.165) is 67.5 Å². The Kier molecular flexibility index (Phi) is 31.2. The lowest BCUT2D eigenvalue weighted by Gasteiger charge is -2.25. The van der Waals surface area contributed by atoms with Crippen LogP contribution in [0, 0.1) is 47.3 Å². The first-order valence-corrected chi connectivity index (χ1v) is 22.4. The van der Waals surface area contributed by atoms with Gasteiger partial charge in [0.25, 0.3) is 0 Å². The molecule has 7 atom stereocenters. The summed E-state index contributed by atoms with van der Waals surface area (Å²) in [5.74, 6) is 6.65. The van der Waals surface area contributed by atoms with Crippen molar-refractivity contribution in [1.29, 1.82) is 0 Å². The highest BCUT2D eigenvalue weighted by Crippen LogP contribution is 2.24. The smallest absolute Gasteiger partial charge is 0.104 e. The fourth-order valence-corrected chi connectivity index (χ4v) is 7.30. The van der Waals surface area contributed by atoms with E-state index in [1.165, 1.54) is 116 Å². The van der Waals surface area contributed by atoms with Gasteiger partial charge in [0.2, 0.25) is 0 Å². The van der Waals surface area contributed by atoms with E-state index in [4.69, 9.17) is 14.2 Å². The van der Waals surface area contributed by atoms with E-state index in [0.29, 0.717) is 19.1 Å². The maximum Gasteiger partial charge on any atom is 0.104 e. The van der Waals surface area contributed by atoms with Crippen LogP contribution in [0.2, 0.25) is 0 Å². The lowest BCUT2D eigenvalue weighted by atomic mass is 9.91. The summed E-state index contributed by atoms with van der Waals surface area (Å²) in [7, 11) is 0. The van der Waals surface area contributed by atoms with Crippen molar-refractivity contribution in [2.45, 2.75) is 230 Å². The Labute approximate surface area is 317 Å². The standard InChI is InChI=1S/C47H96O3/c1-38(2)20-14-22-40(5)24-16-26-42(7)28-18-30-44(9)32-34-48-36-46(37-50-47(11,12)13)49-35-33-45(10)31-19-29-43(8)27-17-25-41(6)23-15-21-39(3)4/h38-46H,14-37H2,1-13H3. The molecule has 0 aromatic heterocycles. The molecule has 0 spiro atoms. The van der Waals surface area contributed by atoms with Crippen molar-refractivity contribution in [3.05, 3.63) is 0 Å². The highest BCUT2D eigenvalue weighted by molar-refractivity contribution is 4.66. The summed E-state index contributed by atoms with van der Waals surface area (Å²) >= 11 is 0. The highest BCUT2D eigenvalue weighted by atomic mass is 16.6. The molecule has 50 heavy (non-hydrogen) atoms. The minimum Gasteiger partial charge on any atom is -0.379 e. The molecule has 0 rings (SSSR count). The van der Waals surface area contributed by atoms with Gasteiger partial charge in [-0.2, -0.15) is 0 Å². The number of hydrogen-bond donors (Lipinski definition) is 0. The van der Waals surface area contributed by atoms with Crippen molar-refractivity contribution >= 4 is 0 Å². The first kappa shape index (κ1) is 49.9. The van der Waals surface area contributed by atoms with E-state index < -0.39 is 0 Å². The molecule has 0 saturated carbocycles. The van der Waals surface area contributed by atoms with Crippen molar-refractivity contribution < 1.29 is 14.2 Å². The van der Waals surface area contributed by atoms with Gasteiger partial charge in [-0.05, 0) is 81.0 Å². The van der Waals surface area contributed by atoms with Crippen LogP contribution in [-0.2, 0) is 14.2 Å². The van der Waals surface area contributed by atoms with Gasteiger partial charge in [0.05, 0.1) is 18.8 Å². The van der Waals surface area contributed by atoms with E-state index in [-0.39, 0.29) is 11.7 Å². The molecule has 0 N–H and O–H groups in total. The van der Waals surface area contributed by atoms with E-state index in [9.17, 15) is 0 Å². The zero-order chi connectivity index (χ0) is 37.8. The van der Waals surface area contributed by atoms with E-state index >= 15 is 0 Å². The molecule has 0 aromatic rings. The molecule has 0 aliphatic rings. The molecule has 0 aliphatic heterocycles. The number of ether oxygens (including phenoxy) is 3. The van der Waals surface area contributed by atoms with Gasteiger partial charge >= 0.3 is 0 Å². The summed E-state index contributed by atoms with van der Waals surface area (Å²) in [6.07, 6.45) is 27.2. The first-order valence-electron chi connectivity index (χ1n) is 22.4. The maximum absolute atomic E-state index is 6.38. The van der Waals surface area contributed by atoms with Gasteiger partial charge in [-0.3, -0.25) is 0 Å². The fraction of sp³-hybridized carbons (Fsp3) is 1.00. The lowest BCUT2D eigenvalue weighted by Crippen LogP contribution is -2.32. The van der Waals surface area contributed by atoms with E-state index in [1.807, 2.05) is 0 Å². The Balaban J connectivity index is 4.14. The van der Waals surface area contributed by atoms with Crippen LogP contribution >= 0.6 is 0 Å². The maximum atomic E-state index is 6.38. The predicted octanol–water partition coefficient (Wildman–Crippen LogP) is 15.1. The minimum atomic E-state index is -0.158. The van der Waals surface area contributed by atoms with Gasteiger partial charge in [0.1, 0.15) is 6.10 Å². The average Bonchev–Trinajstić information content (AvgIpc) is 3.00. The van der Waals surface area contributed by atoms with Gasteiger partial charge < -0.3 is 14.2 Å². The van der Waals surface area contributed by atoms with Crippen molar-refractivity contribution in [3.8, 4) is 0 Å². The average molecular weight is 709 g/mol. The second kappa shape index (κ2) is 31.3. The van der Waals surface area contributed by atoms with Crippen LogP contribution in [0.1, 0.15) is 218 Å². The molecule has 0 aromatic carbocycles. The molecule has 0 radical (unpaired) electrons. The van der Waals surface area contributed by atoms with Gasteiger partial charge in [-0.25, -0.2) is 0 Å². The Bertz CT molecular complexity index is 712. The van der Waals surface area contributed by atoms with Gasteiger partial charge in [0.15, 0.2) is 0 Å². The van der Waals surface area contributed by atoms with E-state index in [2.05, 4.69) is 90.0 Å². The molecule has 3 nitrogen and oxygen atoms in total. The van der Waals surface area contributed by atoms with Crippen LogP contribution in [0.25, 0.3) is 0 Å². The number of hydrogen-bond acceptors (Lipinski definition) is 3. The highest BCUT2D eigenvalue weighted by Gasteiger charge is 2.18. The lowest BCUT2D eigenvalue weighted by molar-refractivity contribution is -0.0990. The van der Waals surface area contributed by atoms with E-state index in [1.54, 1.807) is 0 Å². The third-order valence-corrected chi connectivity index (χ3v) is 11.3. The Hall–Kier alpha value is -0.120. The first-order chi connectivity index (χ1) is 23.6. The quantitative estimate of drug-likeness (QED) is 0.0614. The Morgan fingerprint density at radius 1 is 0.360 bits per heavy atom. The molecule has 7 unspecified atom stereocenters. The van der Waals surface area contributed by atoms with Gasteiger partial charge in [0, 0.05) is 13.2 Å². The second-order valence-electron chi connectivity index (χ2n) is 19.6. The largest absolute Gasteiger partial charge is 0.379 e.